The van der Waals surface area contributed by atoms with Crippen molar-refractivity contribution in [3.63, 3.8) is 0 Å². The van der Waals surface area contributed by atoms with E-state index in [0.29, 0.717) is 15.7 Å². The van der Waals surface area contributed by atoms with Crippen molar-refractivity contribution >= 4 is 27.5 Å². The first-order valence-electron chi connectivity index (χ1n) is 3.23. The van der Waals surface area contributed by atoms with Gasteiger partial charge in [-0.05, 0) is 15.9 Å². The molecule has 0 amide bonds. The number of hydrogen-bond acceptors (Lipinski definition) is 2. The summed E-state index contributed by atoms with van der Waals surface area (Å²) in [5.74, 6) is 0.648. The van der Waals surface area contributed by atoms with E-state index in [1.165, 1.54) is 0 Å². The molecule has 0 radical (unpaired) electrons. The van der Waals surface area contributed by atoms with Gasteiger partial charge in [0.15, 0.2) is 5.15 Å². The van der Waals surface area contributed by atoms with E-state index in [0.717, 1.165) is 0 Å². The van der Waals surface area contributed by atoms with Gasteiger partial charge in [-0.15, -0.1) is 0 Å². The highest BCUT2D eigenvalue weighted by atomic mass is 79.9. The average molecular weight is 239 g/mol. The minimum Gasteiger partial charge on any atom is -0.432 e. The Morgan fingerprint density at radius 3 is 2.18 bits per heavy atom. The molecular formula is C7H9BrClNO. The summed E-state index contributed by atoms with van der Waals surface area (Å²) >= 11 is 8.83. The first kappa shape index (κ1) is 9.07. The zero-order chi connectivity index (χ0) is 8.65. The lowest BCUT2D eigenvalue weighted by molar-refractivity contribution is 0.382. The Morgan fingerprint density at radius 1 is 1.45 bits per heavy atom. The molecule has 0 N–H and O–H groups in total. The average Bonchev–Trinajstić information content (AvgIpc) is 2.11. The quantitative estimate of drug-likeness (QED) is 0.692. The summed E-state index contributed by atoms with van der Waals surface area (Å²) in [6, 6.07) is 0. The second kappa shape index (κ2) is 2.79. The van der Waals surface area contributed by atoms with Crippen molar-refractivity contribution < 1.29 is 4.42 Å². The third kappa shape index (κ3) is 1.97. The molecule has 0 aliphatic carbocycles. The maximum Gasteiger partial charge on any atom is 0.208 e. The molecule has 0 aromatic carbocycles. The van der Waals surface area contributed by atoms with E-state index in [1.807, 2.05) is 20.8 Å². The molecule has 2 nitrogen and oxygen atoms in total. The molecule has 1 heterocycles. The Labute approximate surface area is 79.1 Å². The molecule has 4 heteroatoms. The Kier molecular flexibility index (Phi) is 2.30. The largest absolute Gasteiger partial charge is 0.432 e. The third-order valence-corrected chi connectivity index (χ3v) is 2.21. The zero-order valence-electron chi connectivity index (χ0n) is 6.61. The van der Waals surface area contributed by atoms with E-state index in [2.05, 4.69) is 20.9 Å². The van der Waals surface area contributed by atoms with E-state index in [4.69, 9.17) is 16.0 Å². The molecule has 0 fully saturated rings. The highest BCUT2D eigenvalue weighted by Gasteiger charge is 2.21. The first-order chi connectivity index (χ1) is 4.91. The number of oxazole rings is 1. The summed E-state index contributed by atoms with van der Waals surface area (Å²) in [4.78, 5) is 4.03. The highest BCUT2D eigenvalue weighted by molar-refractivity contribution is 9.10. The fourth-order valence-corrected chi connectivity index (χ4v) is 0.961. The van der Waals surface area contributed by atoms with Gasteiger partial charge in [0.25, 0.3) is 0 Å². The number of nitrogens with zero attached hydrogens (tertiary/aromatic N) is 1. The number of hydrogen-bond donors (Lipinski definition) is 0. The van der Waals surface area contributed by atoms with Crippen LogP contribution in [0.25, 0.3) is 0 Å². The molecule has 0 atom stereocenters. The van der Waals surface area contributed by atoms with E-state index >= 15 is 0 Å². The fraction of sp³-hybridized carbons (Fsp3) is 0.571. The first-order valence-corrected chi connectivity index (χ1v) is 4.40. The molecule has 1 aromatic heterocycles. The molecule has 0 aliphatic heterocycles. The van der Waals surface area contributed by atoms with Crippen LogP contribution < -0.4 is 0 Å². The van der Waals surface area contributed by atoms with Crippen LogP contribution in [0.4, 0.5) is 0 Å². The number of halogens is 2. The molecule has 62 valence electrons. The second-order valence-corrected chi connectivity index (χ2v) is 4.41. The van der Waals surface area contributed by atoms with Gasteiger partial charge in [0.05, 0.1) is 0 Å². The molecule has 0 saturated heterocycles. The summed E-state index contributed by atoms with van der Waals surface area (Å²) in [6.07, 6.45) is 0. The van der Waals surface area contributed by atoms with Gasteiger partial charge in [0.1, 0.15) is 0 Å². The van der Waals surface area contributed by atoms with Crippen LogP contribution in [0.5, 0.6) is 0 Å². The van der Waals surface area contributed by atoms with Crippen LogP contribution in [0.2, 0.25) is 5.15 Å². The SMILES string of the molecule is CC(C)(C)c1nc(Cl)c(Br)o1. The minimum absolute atomic E-state index is 0.0876. The van der Waals surface area contributed by atoms with Crippen LogP contribution in [0.15, 0.2) is 9.09 Å². The fourth-order valence-electron chi connectivity index (χ4n) is 0.604. The summed E-state index contributed by atoms with van der Waals surface area (Å²) in [5.41, 5.74) is -0.0876. The van der Waals surface area contributed by atoms with Crippen molar-refractivity contribution in [3.8, 4) is 0 Å². The molecule has 1 rings (SSSR count). The number of rotatable bonds is 0. The van der Waals surface area contributed by atoms with Crippen molar-refractivity contribution in [2.75, 3.05) is 0 Å². The summed E-state index contributed by atoms with van der Waals surface area (Å²) in [6.45, 7) is 6.05. The van der Waals surface area contributed by atoms with Crippen molar-refractivity contribution in [3.05, 3.63) is 15.7 Å². The highest BCUT2D eigenvalue weighted by Crippen LogP contribution is 2.29. The minimum atomic E-state index is -0.0876. The van der Waals surface area contributed by atoms with Crippen LogP contribution >= 0.6 is 27.5 Å². The van der Waals surface area contributed by atoms with E-state index in [9.17, 15) is 0 Å². The summed E-state index contributed by atoms with van der Waals surface area (Å²) in [5, 5.41) is 0.384. The van der Waals surface area contributed by atoms with Gasteiger partial charge < -0.3 is 4.42 Å². The van der Waals surface area contributed by atoms with Crippen molar-refractivity contribution in [1.29, 1.82) is 0 Å². The van der Waals surface area contributed by atoms with Crippen molar-refractivity contribution in [2.45, 2.75) is 26.2 Å². The van der Waals surface area contributed by atoms with Crippen LogP contribution in [0.1, 0.15) is 26.7 Å². The van der Waals surface area contributed by atoms with E-state index < -0.39 is 0 Å². The predicted molar refractivity (Wildman–Crippen MR) is 47.9 cm³/mol. The van der Waals surface area contributed by atoms with Crippen LogP contribution in [-0.4, -0.2) is 4.98 Å². The lowest BCUT2D eigenvalue weighted by Gasteiger charge is -2.11. The lowest BCUT2D eigenvalue weighted by Crippen LogP contribution is -2.11. The van der Waals surface area contributed by atoms with Gasteiger partial charge in [-0.1, -0.05) is 32.4 Å². The van der Waals surface area contributed by atoms with Crippen LogP contribution in [0, 0.1) is 0 Å². The van der Waals surface area contributed by atoms with Gasteiger partial charge in [-0.2, -0.15) is 0 Å². The normalized spacial score (nSPS) is 12.1. The molecule has 0 spiro atoms. The molecule has 0 saturated carbocycles. The predicted octanol–water partition coefficient (Wildman–Crippen LogP) is 3.39. The smallest absolute Gasteiger partial charge is 0.208 e. The molecular weight excluding hydrogens is 229 g/mol. The van der Waals surface area contributed by atoms with Crippen LogP contribution in [0.3, 0.4) is 0 Å². The molecule has 0 unspecified atom stereocenters. The lowest BCUT2D eigenvalue weighted by atomic mass is 9.97. The Bertz CT molecular complexity index is 244. The monoisotopic (exact) mass is 237 g/mol. The molecule has 0 aliphatic rings. The van der Waals surface area contributed by atoms with Gasteiger partial charge >= 0.3 is 0 Å². The van der Waals surface area contributed by atoms with Gasteiger partial charge in [0.2, 0.25) is 10.6 Å². The van der Waals surface area contributed by atoms with Crippen molar-refractivity contribution in [1.82, 2.24) is 4.98 Å². The van der Waals surface area contributed by atoms with Gasteiger partial charge in [-0.3, -0.25) is 0 Å². The number of aromatic nitrogens is 1. The second-order valence-electron chi connectivity index (χ2n) is 3.33. The summed E-state index contributed by atoms with van der Waals surface area (Å²) in [7, 11) is 0. The third-order valence-electron chi connectivity index (χ3n) is 1.19. The zero-order valence-corrected chi connectivity index (χ0v) is 8.95. The van der Waals surface area contributed by atoms with E-state index in [-0.39, 0.29) is 5.41 Å². The molecule has 11 heavy (non-hydrogen) atoms. The Hall–Kier alpha value is -0.0200. The molecule has 1 aromatic rings. The topological polar surface area (TPSA) is 26.0 Å². The summed E-state index contributed by atoms with van der Waals surface area (Å²) < 4.78 is 5.76. The standard InChI is InChI=1S/C7H9BrClNO/c1-7(2,3)6-10-5(9)4(8)11-6/h1-3H3. The maximum absolute atomic E-state index is 5.68. The van der Waals surface area contributed by atoms with Crippen LogP contribution in [-0.2, 0) is 5.41 Å². The van der Waals surface area contributed by atoms with E-state index in [1.54, 1.807) is 0 Å². The van der Waals surface area contributed by atoms with Gasteiger partial charge in [-0.25, -0.2) is 4.98 Å². The van der Waals surface area contributed by atoms with Crippen molar-refractivity contribution in [2.24, 2.45) is 0 Å². The Morgan fingerprint density at radius 2 is 2.00 bits per heavy atom. The Balaban J connectivity index is 3.08. The molecule has 0 bridgehead atoms. The maximum atomic E-state index is 5.68. The van der Waals surface area contributed by atoms with Gasteiger partial charge in [0, 0.05) is 5.41 Å².